The van der Waals surface area contributed by atoms with Gasteiger partial charge in [0.15, 0.2) is 0 Å². The molecule has 1 fully saturated rings. The number of morpholine rings is 1. The molecule has 4 heteroatoms. The van der Waals surface area contributed by atoms with Crippen LogP contribution in [0.3, 0.4) is 0 Å². The summed E-state index contributed by atoms with van der Waals surface area (Å²) < 4.78 is 11.2. The van der Waals surface area contributed by atoms with E-state index >= 15 is 0 Å². The molecular weight excluding hydrogens is 240 g/mol. The van der Waals surface area contributed by atoms with Gasteiger partial charge in [-0.15, -0.1) is 0 Å². The van der Waals surface area contributed by atoms with Crippen LogP contribution >= 0.6 is 0 Å². The Balaban J connectivity index is 1.33. The fourth-order valence-corrected chi connectivity index (χ4v) is 2.69. The van der Waals surface area contributed by atoms with E-state index in [4.69, 9.17) is 9.47 Å². The lowest BCUT2D eigenvalue weighted by Gasteiger charge is -2.26. The first-order valence-electron chi connectivity index (χ1n) is 7.17. The molecule has 0 radical (unpaired) electrons. The summed E-state index contributed by atoms with van der Waals surface area (Å²) in [5.74, 6) is 1.06. The van der Waals surface area contributed by atoms with Crippen molar-refractivity contribution in [3.63, 3.8) is 0 Å². The summed E-state index contributed by atoms with van der Waals surface area (Å²) in [6.07, 6.45) is 1.32. The molecule has 1 unspecified atom stereocenters. The zero-order chi connectivity index (χ0) is 12.9. The Morgan fingerprint density at radius 2 is 2.05 bits per heavy atom. The van der Waals surface area contributed by atoms with Gasteiger partial charge in [0.1, 0.15) is 11.9 Å². The van der Waals surface area contributed by atoms with E-state index in [9.17, 15) is 0 Å². The van der Waals surface area contributed by atoms with Crippen LogP contribution < -0.4 is 10.1 Å². The molecule has 104 valence electrons. The minimum absolute atomic E-state index is 0.294. The second-order valence-corrected chi connectivity index (χ2v) is 5.21. The Bertz CT molecular complexity index is 380. The summed E-state index contributed by atoms with van der Waals surface area (Å²) in [4.78, 5) is 2.45. The van der Waals surface area contributed by atoms with E-state index in [1.165, 1.54) is 5.56 Å². The fraction of sp³-hybridized carbons (Fsp3) is 0.600. The zero-order valence-electron chi connectivity index (χ0n) is 11.3. The average molecular weight is 262 g/mol. The number of ether oxygens (including phenoxy) is 2. The monoisotopic (exact) mass is 262 g/mol. The fourth-order valence-electron chi connectivity index (χ4n) is 2.69. The minimum Gasteiger partial charge on any atom is -0.488 e. The molecular formula is C15H22N2O2. The molecule has 19 heavy (non-hydrogen) atoms. The molecule has 3 rings (SSSR count). The highest BCUT2D eigenvalue weighted by Gasteiger charge is 2.21. The molecule has 1 saturated heterocycles. The second-order valence-electron chi connectivity index (χ2n) is 5.21. The van der Waals surface area contributed by atoms with E-state index < -0.39 is 0 Å². The Hall–Kier alpha value is -1.10. The summed E-state index contributed by atoms with van der Waals surface area (Å²) in [6, 6.07) is 8.33. The van der Waals surface area contributed by atoms with E-state index in [1.54, 1.807) is 0 Å². The van der Waals surface area contributed by atoms with Gasteiger partial charge in [-0.2, -0.15) is 0 Å². The Labute approximate surface area is 114 Å². The van der Waals surface area contributed by atoms with E-state index in [1.807, 2.05) is 6.07 Å². The predicted octanol–water partition coefficient (Wildman–Crippen LogP) is 0.912. The number of para-hydroxylation sites is 1. The van der Waals surface area contributed by atoms with Crippen molar-refractivity contribution in [2.45, 2.75) is 12.5 Å². The molecule has 1 N–H and O–H groups in total. The van der Waals surface area contributed by atoms with Gasteiger partial charge in [-0.1, -0.05) is 18.2 Å². The zero-order valence-corrected chi connectivity index (χ0v) is 11.3. The number of nitrogens with zero attached hydrogens (tertiary/aromatic N) is 1. The van der Waals surface area contributed by atoms with Crippen molar-refractivity contribution >= 4 is 0 Å². The van der Waals surface area contributed by atoms with E-state index in [0.717, 1.165) is 58.1 Å². The van der Waals surface area contributed by atoms with Gasteiger partial charge in [0.25, 0.3) is 0 Å². The lowest BCUT2D eigenvalue weighted by molar-refractivity contribution is 0.0382. The lowest BCUT2D eigenvalue weighted by atomic mass is 10.1. The maximum atomic E-state index is 5.90. The van der Waals surface area contributed by atoms with Crippen LogP contribution in [0.15, 0.2) is 24.3 Å². The third-order valence-corrected chi connectivity index (χ3v) is 3.79. The summed E-state index contributed by atoms with van der Waals surface area (Å²) >= 11 is 0. The van der Waals surface area contributed by atoms with Gasteiger partial charge in [0.05, 0.1) is 13.2 Å². The highest BCUT2D eigenvalue weighted by Crippen LogP contribution is 2.27. The Kier molecular flexibility index (Phi) is 4.33. The smallest absolute Gasteiger partial charge is 0.123 e. The lowest BCUT2D eigenvalue weighted by Crippen LogP contribution is -2.41. The maximum Gasteiger partial charge on any atom is 0.123 e. The quantitative estimate of drug-likeness (QED) is 0.800. The average Bonchev–Trinajstić information content (AvgIpc) is 2.87. The van der Waals surface area contributed by atoms with Crippen LogP contribution in [0.5, 0.6) is 5.75 Å². The van der Waals surface area contributed by atoms with Gasteiger partial charge in [-0.05, 0) is 11.6 Å². The first kappa shape index (κ1) is 12.9. The molecule has 2 aliphatic heterocycles. The van der Waals surface area contributed by atoms with Crippen molar-refractivity contribution in [1.29, 1.82) is 0 Å². The summed E-state index contributed by atoms with van der Waals surface area (Å²) in [7, 11) is 0. The van der Waals surface area contributed by atoms with Crippen LogP contribution in [0.25, 0.3) is 0 Å². The third kappa shape index (κ3) is 3.47. The van der Waals surface area contributed by atoms with Crippen LogP contribution in [0.2, 0.25) is 0 Å². The van der Waals surface area contributed by atoms with Crippen molar-refractivity contribution in [2.24, 2.45) is 0 Å². The van der Waals surface area contributed by atoms with Crippen LogP contribution in [-0.2, 0) is 11.2 Å². The molecule has 0 aromatic heterocycles. The maximum absolute atomic E-state index is 5.90. The minimum atomic E-state index is 0.294. The van der Waals surface area contributed by atoms with Crippen molar-refractivity contribution in [3.8, 4) is 5.75 Å². The number of hydrogen-bond donors (Lipinski definition) is 1. The first-order valence-corrected chi connectivity index (χ1v) is 7.17. The van der Waals surface area contributed by atoms with Crippen molar-refractivity contribution in [2.75, 3.05) is 45.9 Å². The summed E-state index contributed by atoms with van der Waals surface area (Å²) in [5.41, 5.74) is 1.34. The molecule has 2 heterocycles. The third-order valence-electron chi connectivity index (χ3n) is 3.79. The van der Waals surface area contributed by atoms with Gasteiger partial charge in [0.2, 0.25) is 0 Å². The molecule has 1 atom stereocenters. The molecule has 1 aromatic rings. The number of nitrogens with one attached hydrogen (secondary N) is 1. The van der Waals surface area contributed by atoms with Gasteiger partial charge in [-0.3, -0.25) is 4.90 Å². The van der Waals surface area contributed by atoms with Crippen molar-refractivity contribution in [1.82, 2.24) is 10.2 Å². The van der Waals surface area contributed by atoms with E-state index in [2.05, 4.69) is 28.4 Å². The normalized spacial score (nSPS) is 23.1. The van der Waals surface area contributed by atoms with Gasteiger partial charge in [0, 0.05) is 39.1 Å². The highest BCUT2D eigenvalue weighted by atomic mass is 16.5. The highest BCUT2D eigenvalue weighted by molar-refractivity contribution is 5.37. The molecule has 0 bridgehead atoms. The molecule has 0 spiro atoms. The molecule has 4 nitrogen and oxygen atoms in total. The number of rotatable bonds is 5. The molecule has 0 saturated carbocycles. The van der Waals surface area contributed by atoms with Crippen molar-refractivity contribution < 1.29 is 9.47 Å². The molecule has 0 amide bonds. The van der Waals surface area contributed by atoms with E-state index in [0.29, 0.717) is 6.10 Å². The number of hydrogen-bond acceptors (Lipinski definition) is 4. The second kappa shape index (κ2) is 6.37. The van der Waals surface area contributed by atoms with Crippen LogP contribution in [-0.4, -0.2) is 56.9 Å². The van der Waals surface area contributed by atoms with Crippen LogP contribution in [0.1, 0.15) is 5.56 Å². The molecule has 1 aromatic carbocycles. The van der Waals surface area contributed by atoms with Gasteiger partial charge < -0.3 is 14.8 Å². The molecule has 0 aliphatic carbocycles. The number of benzene rings is 1. The number of fused-ring (bicyclic) bond motifs is 1. The van der Waals surface area contributed by atoms with Crippen molar-refractivity contribution in [3.05, 3.63) is 29.8 Å². The first-order chi connectivity index (χ1) is 9.42. The standard InChI is InChI=1S/C15H22N2O2/c1-2-4-15-13(3-1)11-14(19-15)12-16-5-6-17-7-9-18-10-8-17/h1-4,14,16H,5-12H2. The Morgan fingerprint density at radius 3 is 2.89 bits per heavy atom. The van der Waals surface area contributed by atoms with Gasteiger partial charge >= 0.3 is 0 Å². The van der Waals surface area contributed by atoms with E-state index in [-0.39, 0.29) is 0 Å². The predicted molar refractivity (Wildman–Crippen MR) is 74.7 cm³/mol. The van der Waals surface area contributed by atoms with Gasteiger partial charge in [-0.25, -0.2) is 0 Å². The SMILES string of the molecule is c1ccc2c(c1)CC(CNCCN1CCOCC1)O2. The summed E-state index contributed by atoms with van der Waals surface area (Å²) in [5, 5.41) is 3.50. The topological polar surface area (TPSA) is 33.7 Å². The largest absolute Gasteiger partial charge is 0.488 e. The van der Waals surface area contributed by atoms with Crippen LogP contribution in [0.4, 0.5) is 0 Å². The summed E-state index contributed by atoms with van der Waals surface area (Å²) in [6.45, 7) is 6.93. The Morgan fingerprint density at radius 1 is 1.21 bits per heavy atom. The van der Waals surface area contributed by atoms with Crippen LogP contribution in [0, 0.1) is 0 Å². The molecule has 2 aliphatic rings.